The molecule has 0 bridgehead atoms. The normalized spacial score (nSPS) is 10.7. The first-order valence-electron chi connectivity index (χ1n) is 9.72. The molecule has 0 unspecified atom stereocenters. The van der Waals surface area contributed by atoms with Gasteiger partial charge in [0, 0.05) is 16.3 Å². The monoisotopic (exact) mass is 418 g/mol. The zero-order chi connectivity index (χ0) is 20.8. The van der Waals surface area contributed by atoms with Crippen molar-refractivity contribution in [3.63, 3.8) is 0 Å². The molecule has 0 spiro atoms. The van der Waals surface area contributed by atoms with Crippen molar-refractivity contribution in [2.24, 2.45) is 0 Å². The molecule has 4 aromatic rings. The van der Waals surface area contributed by atoms with Crippen molar-refractivity contribution in [1.82, 2.24) is 10.3 Å². The number of rotatable bonds is 8. The second-order valence-electron chi connectivity index (χ2n) is 6.76. The van der Waals surface area contributed by atoms with Crippen LogP contribution in [0, 0.1) is 6.92 Å². The number of ether oxygens (including phenoxy) is 2. The molecule has 1 heterocycles. The predicted molar refractivity (Wildman–Crippen MR) is 119 cm³/mol. The highest BCUT2D eigenvalue weighted by atomic mass is 32.1. The van der Waals surface area contributed by atoms with Gasteiger partial charge in [-0.1, -0.05) is 42.5 Å². The number of nitrogens with zero attached hydrogens (tertiary/aromatic N) is 1. The maximum absolute atomic E-state index is 12.5. The Morgan fingerprint density at radius 2 is 1.87 bits per heavy atom. The lowest BCUT2D eigenvalue weighted by atomic mass is 10.1. The van der Waals surface area contributed by atoms with E-state index in [9.17, 15) is 4.79 Å². The molecule has 5 nitrogen and oxygen atoms in total. The van der Waals surface area contributed by atoms with Crippen LogP contribution in [0.4, 0.5) is 0 Å². The maximum atomic E-state index is 12.5. The van der Waals surface area contributed by atoms with Crippen LogP contribution in [-0.4, -0.2) is 24.0 Å². The van der Waals surface area contributed by atoms with Crippen LogP contribution in [0.5, 0.6) is 11.5 Å². The molecule has 152 valence electrons. The lowest BCUT2D eigenvalue weighted by molar-refractivity contribution is 0.0946. The minimum atomic E-state index is -0.161. The Bertz CT molecular complexity index is 1150. The minimum Gasteiger partial charge on any atom is -0.491 e. The van der Waals surface area contributed by atoms with E-state index in [0.717, 1.165) is 27.2 Å². The fourth-order valence-electron chi connectivity index (χ4n) is 3.11. The SMILES string of the molecule is Cc1nc(COc2cccc(C(=O)NCCOc3cccc4ccccc34)c2)cs1. The molecular weight excluding hydrogens is 396 g/mol. The molecule has 1 N–H and O–H groups in total. The molecule has 0 aliphatic heterocycles. The molecule has 3 aromatic carbocycles. The summed E-state index contributed by atoms with van der Waals surface area (Å²) in [5.41, 5.74) is 1.44. The third-order valence-electron chi connectivity index (χ3n) is 4.54. The van der Waals surface area contributed by atoms with Crippen LogP contribution in [0.25, 0.3) is 10.8 Å². The van der Waals surface area contributed by atoms with E-state index < -0.39 is 0 Å². The molecule has 0 atom stereocenters. The van der Waals surface area contributed by atoms with Crippen LogP contribution >= 0.6 is 11.3 Å². The number of amides is 1. The summed E-state index contributed by atoms with van der Waals surface area (Å²) < 4.78 is 11.6. The van der Waals surface area contributed by atoms with E-state index >= 15 is 0 Å². The largest absolute Gasteiger partial charge is 0.491 e. The van der Waals surface area contributed by atoms with Crippen molar-refractivity contribution in [1.29, 1.82) is 0 Å². The molecule has 6 heteroatoms. The third kappa shape index (κ3) is 4.96. The second-order valence-corrected chi connectivity index (χ2v) is 7.82. The van der Waals surface area contributed by atoms with Gasteiger partial charge in [0.1, 0.15) is 24.7 Å². The smallest absolute Gasteiger partial charge is 0.251 e. The summed E-state index contributed by atoms with van der Waals surface area (Å²) in [6.45, 7) is 3.14. The number of carbonyl (C=O) groups is 1. The molecule has 0 saturated heterocycles. The molecule has 0 aliphatic carbocycles. The highest BCUT2D eigenvalue weighted by Crippen LogP contribution is 2.25. The summed E-state index contributed by atoms with van der Waals surface area (Å²) in [6, 6.07) is 21.2. The summed E-state index contributed by atoms with van der Waals surface area (Å²) in [5.74, 6) is 1.29. The Kier molecular flexibility index (Phi) is 6.25. The summed E-state index contributed by atoms with van der Waals surface area (Å²) in [4.78, 5) is 16.8. The number of thiazole rings is 1. The van der Waals surface area contributed by atoms with Gasteiger partial charge in [0.05, 0.1) is 17.2 Å². The Hall–Kier alpha value is -3.38. The van der Waals surface area contributed by atoms with Crippen LogP contribution < -0.4 is 14.8 Å². The van der Waals surface area contributed by atoms with Gasteiger partial charge < -0.3 is 14.8 Å². The molecule has 1 aromatic heterocycles. The average Bonchev–Trinajstić information content (AvgIpc) is 3.20. The van der Waals surface area contributed by atoms with Crippen LogP contribution in [0.2, 0.25) is 0 Å². The van der Waals surface area contributed by atoms with Crippen molar-refractivity contribution in [3.05, 3.63) is 88.4 Å². The van der Waals surface area contributed by atoms with Gasteiger partial charge in [0.15, 0.2) is 0 Å². The Morgan fingerprint density at radius 3 is 2.73 bits per heavy atom. The Morgan fingerprint density at radius 1 is 1.03 bits per heavy atom. The quantitative estimate of drug-likeness (QED) is 0.410. The third-order valence-corrected chi connectivity index (χ3v) is 5.37. The summed E-state index contributed by atoms with van der Waals surface area (Å²) in [5, 5.41) is 8.06. The van der Waals surface area contributed by atoms with Gasteiger partial charge in [-0.25, -0.2) is 4.98 Å². The standard InChI is InChI=1S/C24H22N2O3S/c1-17-26-20(16-30-17)15-29-21-9-4-8-19(14-21)24(27)25-12-13-28-23-11-5-7-18-6-2-3-10-22(18)23/h2-11,14,16H,12-13,15H2,1H3,(H,25,27). The summed E-state index contributed by atoms with van der Waals surface area (Å²) >= 11 is 1.59. The van der Waals surface area contributed by atoms with Gasteiger partial charge in [-0.3, -0.25) is 4.79 Å². The van der Waals surface area contributed by atoms with E-state index in [-0.39, 0.29) is 5.91 Å². The number of hydrogen-bond donors (Lipinski definition) is 1. The van der Waals surface area contributed by atoms with Gasteiger partial charge in [0.2, 0.25) is 0 Å². The van der Waals surface area contributed by atoms with E-state index in [2.05, 4.69) is 22.4 Å². The van der Waals surface area contributed by atoms with Crippen molar-refractivity contribution >= 4 is 28.0 Å². The first kappa shape index (κ1) is 19.9. The Balaban J connectivity index is 1.28. The topological polar surface area (TPSA) is 60.5 Å². The van der Waals surface area contributed by atoms with Gasteiger partial charge in [-0.15, -0.1) is 11.3 Å². The summed E-state index contributed by atoms with van der Waals surface area (Å²) in [7, 11) is 0. The van der Waals surface area contributed by atoms with Crippen molar-refractivity contribution in [2.75, 3.05) is 13.2 Å². The zero-order valence-electron chi connectivity index (χ0n) is 16.6. The fraction of sp³-hybridized carbons (Fsp3) is 0.167. The number of hydrogen-bond acceptors (Lipinski definition) is 5. The van der Waals surface area contributed by atoms with Gasteiger partial charge in [-0.05, 0) is 36.6 Å². The highest BCUT2D eigenvalue weighted by Gasteiger charge is 2.08. The van der Waals surface area contributed by atoms with Gasteiger partial charge in [-0.2, -0.15) is 0 Å². The maximum Gasteiger partial charge on any atom is 0.251 e. The van der Waals surface area contributed by atoms with E-state index in [1.54, 1.807) is 23.5 Å². The van der Waals surface area contributed by atoms with Gasteiger partial charge >= 0.3 is 0 Å². The zero-order valence-corrected chi connectivity index (χ0v) is 17.4. The van der Waals surface area contributed by atoms with E-state index in [0.29, 0.717) is 31.1 Å². The lowest BCUT2D eigenvalue weighted by Crippen LogP contribution is -2.28. The Labute approximate surface area is 179 Å². The summed E-state index contributed by atoms with van der Waals surface area (Å²) in [6.07, 6.45) is 0. The van der Waals surface area contributed by atoms with Crippen LogP contribution in [0.15, 0.2) is 72.1 Å². The van der Waals surface area contributed by atoms with Crippen molar-refractivity contribution in [3.8, 4) is 11.5 Å². The van der Waals surface area contributed by atoms with Crippen LogP contribution in [-0.2, 0) is 6.61 Å². The number of benzene rings is 3. The highest BCUT2D eigenvalue weighted by molar-refractivity contribution is 7.09. The second kappa shape index (κ2) is 9.41. The van der Waals surface area contributed by atoms with E-state index in [1.807, 2.05) is 54.8 Å². The first-order valence-corrected chi connectivity index (χ1v) is 10.6. The van der Waals surface area contributed by atoms with Crippen molar-refractivity contribution in [2.45, 2.75) is 13.5 Å². The number of fused-ring (bicyclic) bond motifs is 1. The predicted octanol–water partition coefficient (Wildman–Crippen LogP) is 4.99. The molecule has 0 fully saturated rings. The van der Waals surface area contributed by atoms with Crippen LogP contribution in [0.1, 0.15) is 21.1 Å². The molecule has 4 rings (SSSR count). The van der Waals surface area contributed by atoms with E-state index in [1.165, 1.54) is 0 Å². The van der Waals surface area contributed by atoms with E-state index in [4.69, 9.17) is 9.47 Å². The van der Waals surface area contributed by atoms with Gasteiger partial charge in [0.25, 0.3) is 5.91 Å². The molecule has 1 amide bonds. The molecule has 30 heavy (non-hydrogen) atoms. The first-order chi connectivity index (χ1) is 14.7. The fourth-order valence-corrected chi connectivity index (χ4v) is 3.71. The average molecular weight is 419 g/mol. The van der Waals surface area contributed by atoms with Crippen molar-refractivity contribution < 1.29 is 14.3 Å². The minimum absolute atomic E-state index is 0.161. The van der Waals surface area contributed by atoms with Crippen LogP contribution in [0.3, 0.4) is 0 Å². The number of aromatic nitrogens is 1. The number of nitrogens with one attached hydrogen (secondary N) is 1. The molecule has 0 aliphatic rings. The lowest BCUT2D eigenvalue weighted by Gasteiger charge is -2.11. The molecule has 0 radical (unpaired) electrons. The molecule has 0 saturated carbocycles. The molecular formula is C24H22N2O3S. The number of carbonyl (C=O) groups excluding carboxylic acids is 1. The number of aryl methyl sites for hydroxylation is 1.